The molecule has 1 unspecified atom stereocenters. The van der Waals surface area contributed by atoms with E-state index in [0.717, 1.165) is 58.1 Å². The van der Waals surface area contributed by atoms with E-state index in [9.17, 15) is 0 Å². The summed E-state index contributed by atoms with van der Waals surface area (Å²) in [7, 11) is 6.16. The fourth-order valence-corrected chi connectivity index (χ4v) is 3.71. The maximum absolute atomic E-state index is 5.99. The fourth-order valence-electron chi connectivity index (χ4n) is 3.71. The van der Waals surface area contributed by atoms with E-state index in [0.29, 0.717) is 5.88 Å². The van der Waals surface area contributed by atoms with Crippen molar-refractivity contribution >= 4 is 29.9 Å². The highest BCUT2D eigenvalue weighted by molar-refractivity contribution is 14.0. The van der Waals surface area contributed by atoms with Crippen LogP contribution in [0, 0.1) is 0 Å². The average Bonchev–Trinajstić information content (AvgIpc) is 3.12. The van der Waals surface area contributed by atoms with Crippen molar-refractivity contribution in [2.75, 3.05) is 54.0 Å². The van der Waals surface area contributed by atoms with Crippen LogP contribution in [0.1, 0.15) is 19.3 Å². The molecule has 3 heterocycles. The molecule has 2 aliphatic rings. The lowest BCUT2D eigenvalue weighted by Gasteiger charge is -2.43. The largest absolute Gasteiger partial charge is 0.472 e. The number of pyridine rings is 1. The van der Waals surface area contributed by atoms with E-state index in [1.807, 2.05) is 25.2 Å². The molecule has 0 saturated carbocycles. The van der Waals surface area contributed by atoms with Crippen molar-refractivity contribution in [2.45, 2.75) is 30.9 Å². The second-order valence-corrected chi connectivity index (χ2v) is 7.27. The molecule has 2 saturated heterocycles. The number of halogens is 1. The molecular weight excluding hydrogens is 457 g/mol. The topological polar surface area (TPSA) is 62.2 Å². The van der Waals surface area contributed by atoms with E-state index < -0.39 is 0 Å². The van der Waals surface area contributed by atoms with Gasteiger partial charge in [-0.25, -0.2) is 4.98 Å². The molecule has 0 bridgehead atoms. The molecule has 152 valence electrons. The Kier molecular flexibility index (Phi) is 8.56. The van der Waals surface area contributed by atoms with Crippen LogP contribution in [0.4, 0.5) is 0 Å². The Morgan fingerprint density at radius 2 is 2.19 bits per heavy atom. The van der Waals surface area contributed by atoms with Gasteiger partial charge in [0.05, 0.1) is 6.54 Å². The van der Waals surface area contributed by atoms with Crippen LogP contribution >= 0.6 is 24.0 Å². The number of likely N-dealkylation sites (N-methyl/N-ethyl adjacent to an activating group) is 1. The molecule has 7 nitrogen and oxygen atoms in total. The van der Waals surface area contributed by atoms with Crippen LogP contribution in [0.2, 0.25) is 0 Å². The number of hydrogen-bond donors (Lipinski definition) is 1. The van der Waals surface area contributed by atoms with E-state index in [-0.39, 0.29) is 35.6 Å². The van der Waals surface area contributed by atoms with Crippen molar-refractivity contribution in [3.63, 3.8) is 0 Å². The van der Waals surface area contributed by atoms with Crippen LogP contribution in [0.15, 0.2) is 29.4 Å². The first-order valence-electron chi connectivity index (χ1n) is 9.41. The molecule has 1 aromatic rings. The minimum atomic E-state index is 0. The predicted molar refractivity (Wildman–Crippen MR) is 118 cm³/mol. The standard InChI is InChI=1S/C19H31N5O2.HI/c1-20-18(22-15-19(23(2)3)8-12-25-13-9-19)24-11-7-16(14-24)26-17-6-4-5-10-21-17;/h4-6,10,16H,7-9,11-15H2,1-3H3,(H,20,22);1H. The minimum absolute atomic E-state index is 0. The van der Waals surface area contributed by atoms with Gasteiger partial charge < -0.3 is 24.6 Å². The van der Waals surface area contributed by atoms with Crippen LogP contribution in [-0.4, -0.2) is 86.4 Å². The zero-order valence-electron chi connectivity index (χ0n) is 16.6. The lowest BCUT2D eigenvalue weighted by atomic mass is 9.88. The molecule has 0 radical (unpaired) electrons. The monoisotopic (exact) mass is 489 g/mol. The second-order valence-electron chi connectivity index (χ2n) is 7.27. The van der Waals surface area contributed by atoms with Gasteiger partial charge in [-0.1, -0.05) is 6.07 Å². The Hall–Kier alpha value is -1.13. The molecule has 0 aliphatic carbocycles. The fraction of sp³-hybridized carbons (Fsp3) is 0.684. The Morgan fingerprint density at radius 3 is 2.81 bits per heavy atom. The van der Waals surface area contributed by atoms with Crippen molar-refractivity contribution in [3.05, 3.63) is 24.4 Å². The average molecular weight is 489 g/mol. The summed E-state index contributed by atoms with van der Waals surface area (Å²) in [5.41, 5.74) is 0.123. The summed E-state index contributed by atoms with van der Waals surface area (Å²) in [6.07, 6.45) is 4.96. The number of aliphatic imine (C=N–C) groups is 1. The van der Waals surface area contributed by atoms with Gasteiger partial charge in [-0.05, 0) is 33.0 Å². The van der Waals surface area contributed by atoms with Gasteiger partial charge in [0.15, 0.2) is 5.96 Å². The summed E-state index contributed by atoms with van der Waals surface area (Å²) in [4.78, 5) is 13.4. The number of aromatic nitrogens is 1. The molecule has 2 fully saturated rings. The number of nitrogens with zero attached hydrogens (tertiary/aromatic N) is 4. The number of guanidine groups is 1. The Morgan fingerprint density at radius 1 is 1.41 bits per heavy atom. The number of ether oxygens (including phenoxy) is 2. The minimum Gasteiger partial charge on any atom is -0.472 e. The zero-order valence-corrected chi connectivity index (χ0v) is 18.9. The summed E-state index contributed by atoms with van der Waals surface area (Å²) in [5, 5.41) is 3.60. The van der Waals surface area contributed by atoms with Crippen molar-refractivity contribution in [2.24, 2.45) is 4.99 Å². The Bertz CT molecular complexity index is 593. The van der Waals surface area contributed by atoms with E-state index >= 15 is 0 Å². The first-order valence-corrected chi connectivity index (χ1v) is 9.41. The quantitative estimate of drug-likeness (QED) is 0.387. The van der Waals surface area contributed by atoms with Gasteiger partial charge in [0.1, 0.15) is 6.10 Å². The van der Waals surface area contributed by atoms with Gasteiger partial charge in [-0.15, -0.1) is 24.0 Å². The van der Waals surface area contributed by atoms with Gasteiger partial charge >= 0.3 is 0 Å². The van der Waals surface area contributed by atoms with E-state index in [2.05, 4.69) is 39.2 Å². The summed E-state index contributed by atoms with van der Waals surface area (Å²) in [6.45, 7) is 4.28. The molecule has 8 heteroatoms. The third-order valence-electron chi connectivity index (χ3n) is 5.53. The number of rotatable bonds is 5. The molecule has 1 atom stereocenters. The molecular formula is C19H32IN5O2. The van der Waals surface area contributed by atoms with E-state index in [1.165, 1.54) is 0 Å². The van der Waals surface area contributed by atoms with Crippen molar-refractivity contribution in [1.82, 2.24) is 20.1 Å². The molecule has 3 rings (SSSR count). The van der Waals surface area contributed by atoms with Crippen LogP contribution in [0.5, 0.6) is 5.88 Å². The van der Waals surface area contributed by atoms with Gasteiger partial charge in [0.25, 0.3) is 0 Å². The lowest BCUT2D eigenvalue weighted by Crippen LogP contribution is -2.57. The van der Waals surface area contributed by atoms with Crippen LogP contribution in [0.3, 0.4) is 0 Å². The second kappa shape index (κ2) is 10.4. The van der Waals surface area contributed by atoms with Crippen molar-refractivity contribution in [3.8, 4) is 5.88 Å². The molecule has 27 heavy (non-hydrogen) atoms. The molecule has 2 aliphatic heterocycles. The first-order chi connectivity index (χ1) is 12.6. The van der Waals surface area contributed by atoms with Crippen molar-refractivity contribution < 1.29 is 9.47 Å². The Labute approximate surface area is 179 Å². The van der Waals surface area contributed by atoms with Gasteiger partial charge in [-0.3, -0.25) is 4.99 Å². The normalized spacial score (nSPS) is 22.4. The molecule has 0 amide bonds. The van der Waals surface area contributed by atoms with Crippen LogP contribution in [0.25, 0.3) is 0 Å². The zero-order chi connectivity index (χ0) is 18.4. The van der Waals surface area contributed by atoms with Gasteiger partial charge in [0.2, 0.25) is 5.88 Å². The van der Waals surface area contributed by atoms with Gasteiger partial charge in [0, 0.05) is 57.6 Å². The third-order valence-corrected chi connectivity index (χ3v) is 5.53. The van der Waals surface area contributed by atoms with Crippen molar-refractivity contribution in [1.29, 1.82) is 0 Å². The highest BCUT2D eigenvalue weighted by Crippen LogP contribution is 2.25. The first kappa shape index (κ1) is 22.2. The maximum atomic E-state index is 5.99. The van der Waals surface area contributed by atoms with Crippen LogP contribution in [-0.2, 0) is 4.74 Å². The smallest absolute Gasteiger partial charge is 0.213 e. The van der Waals surface area contributed by atoms with Crippen LogP contribution < -0.4 is 10.1 Å². The Balaban J connectivity index is 0.00000261. The molecule has 0 spiro atoms. The highest BCUT2D eigenvalue weighted by atomic mass is 127. The van der Waals surface area contributed by atoms with Gasteiger partial charge in [-0.2, -0.15) is 0 Å². The molecule has 0 aromatic carbocycles. The summed E-state index contributed by atoms with van der Waals surface area (Å²) >= 11 is 0. The lowest BCUT2D eigenvalue weighted by molar-refractivity contribution is -0.00522. The molecule has 1 aromatic heterocycles. The highest BCUT2D eigenvalue weighted by Gasteiger charge is 2.36. The number of likely N-dealkylation sites (tertiary alicyclic amines) is 1. The van der Waals surface area contributed by atoms with E-state index in [1.54, 1.807) is 6.20 Å². The number of nitrogens with one attached hydrogen (secondary N) is 1. The molecule has 1 N–H and O–H groups in total. The predicted octanol–water partition coefficient (Wildman–Crippen LogP) is 1.84. The third kappa shape index (κ3) is 5.68. The summed E-state index contributed by atoms with van der Waals surface area (Å²) in [5.74, 6) is 1.64. The number of hydrogen-bond acceptors (Lipinski definition) is 5. The SMILES string of the molecule is CN=C(NCC1(N(C)C)CCOCC1)N1CCC(Oc2ccccn2)C1.I. The van der Waals surface area contributed by atoms with E-state index in [4.69, 9.17) is 9.47 Å². The maximum Gasteiger partial charge on any atom is 0.213 e. The summed E-state index contributed by atoms with van der Waals surface area (Å²) < 4.78 is 11.6. The summed E-state index contributed by atoms with van der Waals surface area (Å²) in [6, 6.07) is 5.75.